The average Bonchev–Trinajstić information content (AvgIpc) is 2.52. The fourth-order valence-corrected chi connectivity index (χ4v) is 2.07. The summed E-state index contributed by atoms with van der Waals surface area (Å²) in [5, 5.41) is 19.1. The maximum Gasteiger partial charge on any atom is 0.383 e. The van der Waals surface area contributed by atoms with Crippen molar-refractivity contribution in [1.82, 2.24) is 0 Å². The number of carboxylic acid groups (broad SMARTS) is 1. The van der Waals surface area contributed by atoms with Crippen LogP contribution < -0.4 is 15.1 Å². The molecule has 2 aromatic rings. The fraction of sp³-hybridized carbons (Fsp3) is 0.375. The number of para-hydroxylation sites is 1. The number of carbonyl (C=O) groups is 1. The van der Waals surface area contributed by atoms with E-state index < -0.39 is 18.2 Å². The highest BCUT2D eigenvalue weighted by molar-refractivity contribution is 5.89. The lowest BCUT2D eigenvalue weighted by Gasteiger charge is -2.10. The molecular formula is C16H18O7. The molecule has 23 heavy (non-hydrogen) atoms. The van der Waals surface area contributed by atoms with Crippen LogP contribution in [0.15, 0.2) is 27.4 Å². The second kappa shape index (κ2) is 7.53. The average molecular weight is 322 g/mol. The third-order valence-corrected chi connectivity index (χ3v) is 3.17. The first-order valence-electron chi connectivity index (χ1n) is 7.30. The molecule has 0 aliphatic heterocycles. The first-order valence-corrected chi connectivity index (χ1v) is 7.30. The molecule has 1 aromatic carbocycles. The van der Waals surface area contributed by atoms with Crippen LogP contribution in [0.2, 0.25) is 0 Å². The van der Waals surface area contributed by atoms with E-state index in [4.69, 9.17) is 19.0 Å². The third-order valence-electron chi connectivity index (χ3n) is 3.17. The van der Waals surface area contributed by atoms with Crippen molar-refractivity contribution < 1.29 is 28.9 Å². The zero-order chi connectivity index (χ0) is 16.8. The number of fused-ring (bicyclic) bond motifs is 1. The smallest absolute Gasteiger partial charge is 0.383 e. The van der Waals surface area contributed by atoms with Gasteiger partial charge in [0.25, 0.3) is 0 Å². The number of unbranched alkanes of at least 4 members (excludes halogenated alkanes) is 2. The maximum absolute atomic E-state index is 12.0. The van der Waals surface area contributed by atoms with Crippen molar-refractivity contribution in [2.45, 2.75) is 26.2 Å². The molecule has 124 valence electrons. The Morgan fingerprint density at radius 1 is 1.26 bits per heavy atom. The lowest BCUT2D eigenvalue weighted by Crippen LogP contribution is -2.11. The molecule has 0 radical (unpaired) electrons. The summed E-state index contributed by atoms with van der Waals surface area (Å²) in [6.07, 6.45) is 2.72. The van der Waals surface area contributed by atoms with E-state index in [2.05, 4.69) is 0 Å². The Balaban J connectivity index is 2.35. The third kappa shape index (κ3) is 3.94. The number of hydrogen-bond donors (Lipinski definition) is 2. The van der Waals surface area contributed by atoms with Gasteiger partial charge in [0, 0.05) is 0 Å². The standard InChI is InChI=1S/C16H18O7/c1-2-3-4-8-21-15-13(19)10-6-5-7-11(22-9-12(17)18)14(10)23-16(15)20/h5-7,19H,2-4,8-9H2,1H3,(H,17,18). The number of benzene rings is 1. The van der Waals surface area contributed by atoms with E-state index in [9.17, 15) is 14.7 Å². The normalized spacial score (nSPS) is 10.7. The van der Waals surface area contributed by atoms with Crippen LogP contribution >= 0.6 is 0 Å². The minimum Gasteiger partial charge on any atom is -0.504 e. The SMILES string of the molecule is CCCCCOc1c(O)c2cccc(OCC(=O)O)c2oc1=O. The molecule has 1 heterocycles. The number of ether oxygens (including phenoxy) is 2. The molecule has 0 bridgehead atoms. The van der Waals surface area contributed by atoms with E-state index in [0.29, 0.717) is 6.61 Å². The number of aromatic hydroxyl groups is 1. The number of carboxylic acids is 1. The van der Waals surface area contributed by atoms with Crippen LogP contribution in [-0.4, -0.2) is 29.4 Å². The van der Waals surface area contributed by atoms with Crippen LogP contribution in [0, 0.1) is 0 Å². The minimum atomic E-state index is -1.16. The van der Waals surface area contributed by atoms with Gasteiger partial charge in [0.05, 0.1) is 12.0 Å². The quantitative estimate of drug-likeness (QED) is 0.568. The molecule has 0 amide bonds. The van der Waals surface area contributed by atoms with Crippen molar-refractivity contribution >= 4 is 16.9 Å². The second-order valence-corrected chi connectivity index (χ2v) is 4.94. The van der Waals surface area contributed by atoms with E-state index in [1.165, 1.54) is 12.1 Å². The zero-order valence-corrected chi connectivity index (χ0v) is 12.7. The van der Waals surface area contributed by atoms with Crippen molar-refractivity contribution in [3.8, 4) is 17.2 Å². The summed E-state index contributed by atoms with van der Waals surface area (Å²) in [6.45, 7) is 1.76. The van der Waals surface area contributed by atoms with E-state index in [-0.39, 0.29) is 28.2 Å². The van der Waals surface area contributed by atoms with Gasteiger partial charge in [-0.3, -0.25) is 0 Å². The molecule has 0 atom stereocenters. The summed E-state index contributed by atoms with van der Waals surface area (Å²) in [5.41, 5.74) is -0.852. The maximum atomic E-state index is 12.0. The highest BCUT2D eigenvalue weighted by atomic mass is 16.5. The Kier molecular flexibility index (Phi) is 5.46. The van der Waals surface area contributed by atoms with Crippen LogP contribution in [0.4, 0.5) is 0 Å². The molecular weight excluding hydrogens is 304 g/mol. The van der Waals surface area contributed by atoms with Crippen molar-refractivity contribution in [1.29, 1.82) is 0 Å². The van der Waals surface area contributed by atoms with Gasteiger partial charge in [-0.1, -0.05) is 25.8 Å². The molecule has 0 unspecified atom stereocenters. The topological polar surface area (TPSA) is 106 Å². The van der Waals surface area contributed by atoms with Crippen LogP contribution in [-0.2, 0) is 4.79 Å². The molecule has 0 aliphatic rings. The highest BCUT2D eigenvalue weighted by Gasteiger charge is 2.18. The Labute approximate surface area is 132 Å². The summed E-state index contributed by atoms with van der Waals surface area (Å²) in [6, 6.07) is 4.54. The van der Waals surface area contributed by atoms with Gasteiger partial charge in [0.15, 0.2) is 23.7 Å². The van der Waals surface area contributed by atoms with E-state index in [0.717, 1.165) is 19.3 Å². The first kappa shape index (κ1) is 16.7. The van der Waals surface area contributed by atoms with Gasteiger partial charge in [0.2, 0.25) is 5.75 Å². The lowest BCUT2D eigenvalue weighted by molar-refractivity contribution is -0.139. The summed E-state index contributed by atoms with van der Waals surface area (Å²) >= 11 is 0. The van der Waals surface area contributed by atoms with E-state index in [1.807, 2.05) is 6.92 Å². The molecule has 0 fully saturated rings. The van der Waals surface area contributed by atoms with Crippen molar-refractivity contribution in [3.63, 3.8) is 0 Å². The van der Waals surface area contributed by atoms with Gasteiger partial charge in [-0.15, -0.1) is 0 Å². The zero-order valence-electron chi connectivity index (χ0n) is 12.7. The molecule has 2 rings (SSSR count). The summed E-state index contributed by atoms with van der Waals surface area (Å²) in [5.74, 6) is -1.68. The Morgan fingerprint density at radius 2 is 2.04 bits per heavy atom. The molecule has 1 aromatic heterocycles. The molecule has 0 saturated carbocycles. The van der Waals surface area contributed by atoms with Crippen molar-refractivity contribution in [2.75, 3.05) is 13.2 Å². The van der Waals surface area contributed by atoms with Crippen molar-refractivity contribution in [2.24, 2.45) is 0 Å². The monoisotopic (exact) mass is 322 g/mol. The van der Waals surface area contributed by atoms with Gasteiger partial charge in [-0.05, 0) is 18.6 Å². The fourth-order valence-electron chi connectivity index (χ4n) is 2.07. The number of hydrogen-bond acceptors (Lipinski definition) is 6. The molecule has 2 N–H and O–H groups in total. The molecule has 0 saturated heterocycles. The van der Waals surface area contributed by atoms with Crippen LogP contribution in [0.25, 0.3) is 11.0 Å². The Bertz CT molecular complexity index is 748. The second-order valence-electron chi connectivity index (χ2n) is 4.94. The molecule has 0 spiro atoms. The summed E-state index contributed by atoms with van der Waals surface area (Å²) in [4.78, 5) is 22.6. The van der Waals surface area contributed by atoms with Gasteiger partial charge in [-0.25, -0.2) is 9.59 Å². The molecule has 0 aliphatic carbocycles. The van der Waals surface area contributed by atoms with Gasteiger partial charge in [-0.2, -0.15) is 0 Å². The summed E-state index contributed by atoms with van der Waals surface area (Å²) in [7, 11) is 0. The lowest BCUT2D eigenvalue weighted by atomic mass is 10.2. The van der Waals surface area contributed by atoms with Gasteiger partial charge < -0.3 is 24.1 Å². The molecule has 7 heteroatoms. The number of aliphatic carboxylic acids is 1. The highest BCUT2D eigenvalue weighted by Crippen LogP contribution is 2.35. The van der Waals surface area contributed by atoms with E-state index >= 15 is 0 Å². The van der Waals surface area contributed by atoms with Crippen molar-refractivity contribution in [3.05, 3.63) is 28.6 Å². The van der Waals surface area contributed by atoms with Gasteiger partial charge >= 0.3 is 11.6 Å². The first-order chi connectivity index (χ1) is 11.0. The van der Waals surface area contributed by atoms with Gasteiger partial charge in [0.1, 0.15) is 0 Å². The minimum absolute atomic E-state index is 0.0165. The van der Waals surface area contributed by atoms with Crippen LogP contribution in [0.5, 0.6) is 17.2 Å². The predicted octanol–water partition coefficient (Wildman–Crippen LogP) is 2.53. The number of rotatable bonds is 8. The van der Waals surface area contributed by atoms with E-state index in [1.54, 1.807) is 6.07 Å². The molecule has 7 nitrogen and oxygen atoms in total. The largest absolute Gasteiger partial charge is 0.504 e. The van der Waals surface area contributed by atoms with Crippen LogP contribution in [0.1, 0.15) is 26.2 Å². The van der Waals surface area contributed by atoms with Crippen LogP contribution in [0.3, 0.4) is 0 Å². The predicted molar refractivity (Wildman–Crippen MR) is 82.3 cm³/mol. The summed E-state index contributed by atoms with van der Waals surface area (Å²) < 4.78 is 15.5. The Hall–Kier alpha value is -2.70. The Morgan fingerprint density at radius 3 is 2.74 bits per heavy atom.